The molecule has 0 saturated heterocycles. The highest BCUT2D eigenvalue weighted by Crippen LogP contribution is 2.28. The van der Waals surface area contributed by atoms with Crippen molar-refractivity contribution in [3.05, 3.63) is 84.2 Å². The van der Waals surface area contributed by atoms with E-state index in [1.807, 2.05) is 30.3 Å². The number of anilines is 1. The molecule has 0 radical (unpaired) electrons. The molecule has 0 bridgehead atoms. The molecule has 1 N–H and O–H groups in total. The van der Waals surface area contributed by atoms with Gasteiger partial charge in [0.25, 0.3) is 0 Å². The van der Waals surface area contributed by atoms with Crippen LogP contribution in [0.2, 0.25) is 0 Å². The minimum atomic E-state index is 0.461. The molecule has 2 aromatic carbocycles. The predicted molar refractivity (Wildman–Crippen MR) is 113 cm³/mol. The van der Waals surface area contributed by atoms with Gasteiger partial charge in [-0.25, -0.2) is 0 Å². The standard InChI is InChI=1S/C23H27N3O2/c1-26(21-8-4-3-5-9-21)14-13-25-16-19-10-11-22(27-2)23(15-19)28-18-20-7-6-12-24-17-20/h3-12,15,17,25H,13-14,16,18H2,1-2H3. The maximum Gasteiger partial charge on any atom is 0.161 e. The topological polar surface area (TPSA) is 46.6 Å². The lowest BCUT2D eigenvalue weighted by atomic mass is 10.2. The van der Waals surface area contributed by atoms with E-state index in [-0.39, 0.29) is 0 Å². The summed E-state index contributed by atoms with van der Waals surface area (Å²) in [5.74, 6) is 1.48. The fraction of sp³-hybridized carbons (Fsp3) is 0.261. The molecule has 0 atom stereocenters. The lowest BCUT2D eigenvalue weighted by Gasteiger charge is -2.19. The maximum atomic E-state index is 5.96. The average Bonchev–Trinajstić information content (AvgIpc) is 2.76. The Morgan fingerprint density at radius 1 is 0.964 bits per heavy atom. The molecule has 3 rings (SSSR count). The van der Waals surface area contributed by atoms with Crippen molar-refractivity contribution in [2.24, 2.45) is 0 Å². The first kappa shape index (κ1) is 19.7. The molecule has 1 aromatic heterocycles. The maximum absolute atomic E-state index is 5.96. The van der Waals surface area contributed by atoms with Crippen molar-refractivity contribution in [2.75, 3.05) is 32.1 Å². The van der Waals surface area contributed by atoms with Crippen LogP contribution in [0.3, 0.4) is 0 Å². The van der Waals surface area contributed by atoms with Gasteiger partial charge in [0.1, 0.15) is 6.61 Å². The van der Waals surface area contributed by atoms with E-state index in [0.717, 1.165) is 42.3 Å². The SMILES string of the molecule is COc1ccc(CNCCN(C)c2ccccc2)cc1OCc1cccnc1. The molecule has 0 aliphatic carbocycles. The van der Waals surface area contributed by atoms with Crippen molar-refractivity contribution in [3.63, 3.8) is 0 Å². The van der Waals surface area contributed by atoms with Crippen molar-refractivity contribution in [3.8, 4) is 11.5 Å². The summed E-state index contributed by atoms with van der Waals surface area (Å²) in [6.45, 7) is 3.06. The molecule has 0 amide bonds. The highest BCUT2D eigenvalue weighted by Gasteiger charge is 2.07. The molecule has 28 heavy (non-hydrogen) atoms. The number of hydrogen-bond donors (Lipinski definition) is 1. The first-order chi connectivity index (χ1) is 13.8. The molecule has 0 aliphatic rings. The molecule has 3 aromatic rings. The van der Waals surface area contributed by atoms with Crippen molar-refractivity contribution in [1.82, 2.24) is 10.3 Å². The van der Waals surface area contributed by atoms with E-state index in [1.54, 1.807) is 19.5 Å². The van der Waals surface area contributed by atoms with Crippen LogP contribution in [0.15, 0.2) is 73.1 Å². The number of nitrogens with one attached hydrogen (secondary N) is 1. The summed E-state index contributed by atoms with van der Waals surface area (Å²) in [5.41, 5.74) is 3.40. The largest absolute Gasteiger partial charge is 0.493 e. The van der Waals surface area contributed by atoms with Crippen LogP contribution in [0.25, 0.3) is 0 Å². The number of benzene rings is 2. The van der Waals surface area contributed by atoms with Crippen LogP contribution in [0.4, 0.5) is 5.69 Å². The molecule has 0 saturated carbocycles. The van der Waals surface area contributed by atoms with Crippen LogP contribution in [0.1, 0.15) is 11.1 Å². The zero-order valence-electron chi connectivity index (χ0n) is 16.5. The molecule has 1 heterocycles. The van der Waals surface area contributed by atoms with E-state index in [4.69, 9.17) is 9.47 Å². The number of rotatable bonds is 10. The Morgan fingerprint density at radius 3 is 2.57 bits per heavy atom. The van der Waals surface area contributed by atoms with Gasteiger partial charge in [0, 0.05) is 50.3 Å². The summed E-state index contributed by atoms with van der Waals surface area (Å²) in [7, 11) is 3.76. The number of hydrogen-bond acceptors (Lipinski definition) is 5. The van der Waals surface area contributed by atoms with Crippen LogP contribution in [0, 0.1) is 0 Å². The third-order valence-electron chi connectivity index (χ3n) is 4.50. The second kappa shape index (κ2) is 10.3. The quantitative estimate of drug-likeness (QED) is 0.543. The fourth-order valence-electron chi connectivity index (χ4n) is 2.88. The van der Waals surface area contributed by atoms with Gasteiger partial charge in [-0.2, -0.15) is 0 Å². The van der Waals surface area contributed by atoms with Crippen molar-refractivity contribution in [1.29, 1.82) is 0 Å². The monoisotopic (exact) mass is 377 g/mol. The second-order valence-corrected chi connectivity index (χ2v) is 6.57. The number of para-hydroxylation sites is 1. The molecule has 146 valence electrons. The number of nitrogens with zero attached hydrogens (tertiary/aromatic N) is 2. The summed E-state index contributed by atoms with van der Waals surface area (Å²) in [5, 5.41) is 3.49. The second-order valence-electron chi connectivity index (χ2n) is 6.57. The van der Waals surface area contributed by atoms with Crippen LogP contribution in [0.5, 0.6) is 11.5 Å². The lowest BCUT2D eigenvalue weighted by molar-refractivity contribution is 0.284. The van der Waals surface area contributed by atoms with E-state index < -0.39 is 0 Å². The Hall–Kier alpha value is -3.05. The van der Waals surface area contributed by atoms with Gasteiger partial charge < -0.3 is 19.7 Å². The van der Waals surface area contributed by atoms with Crippen molar-refractivity contribution >= 4 is 5.69 Å². The van der Waals surface area contributed by atoms with Gasteiger partial charge in [-0.3, -0.25) is 4.98 Å². The average molecular weight is 377 g/mol. The zero-order chi connectivity index (χ0) is 19.6. The van der Waals surface area contributed by atoms with E-state index in [2.05, 4.69) is 52.6 Å². The number of methoxy groups -OCH3 is 1. The van der Waals surface area contributed by atoms with E-state index >= 15 is 0 Å². The van der Waals surface area contributed by atoms with E-state index in [9.17, 15) is 0 Å². The molecule has 5 heteroatoms. The Morgan fingerprint density at radius 2 is 1.82 bits per heavy atom. The normalized spacial score (nSPS) is 10.5. The minimum Gasteiger partial charge on any atom is -0.493 e. The molecular formula is C23H27N3O2. The summed E-state index contributed by atoms with van der Waals surface area (Å²) in [6.07, 6.45) is 3.56. The molecule has 0 unspecified atom stereocenters. The predicted octanol–water partition coefficient (Wildman–Crippen LogP) is 3.90. The molecule has 0 fully saturated rings. The molecule has 0 aliphatic heterocycles. The van der Waals surface area contributed by atoms with Gasteiger partial charge in [0.15, 0.2) is 11.5 Å². The number of ether oxygens (including phenoxy) is 2. The number of likely N-dealkylation sites (N-methyl/N-ethyl adjacent to an activating group) is 1. The highest BCUT2D eigenvalue weighted by molar-refractivity contribution is 5.45. The van der Waals surface area contributed by atoms with Crippen LogP contribution < -0.4 is 19.7 Å². The van der Waals surface area contributed by atoms with Crippen molar-refractivity contribution < 1.29 is 9.47 Å². The summed E-state index contributed by atoms with van der Waals surface area (Å²) >= 11 is 0. The number of pyridine rings is 1. The molecule has 5 nitrogen and oxygen atoms in total. The first-order valence-electron chi connectivity index (χ1n) is 9.42. The summed E-state index contributed by atoms with van der Waals surface area (Å²) < 4.78 is 11.4. The Labute approximate surface area is 166 Å². The lowest BCUT2D eigenvalue weighted by Crippen LogP contribution is -2.28. The van der Waals surface area contributed by atoms with Crippen LogP contribution in [-0.2, 0) is 13.2 Å². The first-order valence-corrected chi connectivity index (χ1v) is 9.42. The van der Waals surface area contributed by atoms with Gasteiger partial charge in [0.2, 0.25) is 0 Å². The van der Waals surface area contributed by atoms with Gasteiger partial charge in [-0.15, -0.1) is 0 Å². The Kier molecular flexibility index (Phi) is 7.27. The molecular weight excluding hydrogens is 350 g/mol. The summed E-state index contributed by atoms with van der Waals surface area (Å²) in [4.78, 5) is 6.36. The Balaban J connectivity index is 1.51. The van der Waals surface area contributed by atoms with Crippen molar-refractivity contribution in [2.45, 2.75) is 13.2 Å². The third-order valence-corrected chi connectivity index (χ3v) is 4.50. The van der Waals surface area contributed by atoms with Gasteiger partial charge in [-0.1, -0.05) is 30.3 Å². The highest BCUT2D eigenvalue weighted by atomic mass is 16.5. The van der Waals surface area contributed by atoms with E-state index in [0.29, 0.717) is 6.61 Å². The van der Waals surface area contributed by atoms with Crippen LogP contribution >= 0.6 is 0 Å². The Bertz CT molecular complexity index is 841. The number of aromatic nitrogens is 1. The fourth-order valence-corrected chi connectivity index (χ4v) is 2.88. The van der Waals surface area contributed by atoms with Gasteiger partial charge >= 0.3 is 0 Å². The van der Waals surface area contributed by atoms with Crippen LogP contribution in [-0.4, -0.2) is 32.2 Å². The third kappa shape index (κ3) is 5.72. The minimum absolute atomic E-state index is 0.461. The summed E-state index contributed by atoms with van der Waals surface area (Å²) in [6, 6.07) is 20.3. The zero-order valence-corrected chi connectivity index (χ0v) is 16.5. The van der Waals surface area contributed by atoms with E-state index in [1.165, 1.54) is 5.69 Å². The smallest absolute Gasteiger partial charge is 0.161 e. The molecule has 0 spiro atoms. The van der Waals surface area contributed by atoms with Gasteiger partial charge in [0.05, 0.1) is 7.11 Å². The van der Waals surface area contributed by atoms with Gasteiger partial charge in [-0.05, 0) is 35.9 Å².